The second kappa shape index (κ2) is 6.44. The molecule has 0 radical (unpaired) electrons. The van der Waals surface area contributed by atoms with Gasteiger partial charge in [-0.1, -0.05) is 32.0 Å². The second-order valence-electron chi connectivity index (χ2n) is 5.12. The summed E-state index contributed by atoms with van der Waals surface area (Å²) < 4.78 is 11.1. The summed E-state index contributed by atoms with van der Waals surface area (Å²) >= 11 is 1.66. The number of rotatable bonds is 4. The molecule has 4 heteroatoms. The normalized spacial score (nSPS) is 27.4. The van der Waals surface area contributed by atoms with Gasteiger partial charge in [0.05, 0.1) is 12.0 Å². The van der Waals surface area contributed by atoms with Crippen molar-refractivity contribution in [2.75, 3.05) is 5.75 Å². The number of thioether (sulfide) groups is 1. The molecule has 1 fully saturated rings. The van der Waals surface area contributed by atoms with Gasteiger partial charge in [-0.15, -0.1) is 11.8 Å². The number of benzene rings is 1. The van der Waals surface area contributed by atoms with Crippen molar-refractivity contribution in [1.82, 2.24) is 0 Å². The molecule has 0 aromatic heterocycles. The first-order chi connectivity index (χ1) is 9.08. The first-order valence-corrected chi connectivity index (χ1v) is 7.60. The molecule has 0 saturated carbocycles. The summed E-state index contributed by atoms with van der Waals surface area (Å²) in [4.78, 5) is 13.2. The molecule has 0 N–H and O–H groups in total. The minimum atomic E-state index is -0.402. The van der Waals surface area contributed by atoms with Gasteiger partial charge in [0.1, 0.15) is 0 Å². The molecule has 1 aromatic rings. The van der Waals surface area contributed by atoms with E-state index in [0.29, 0.717) is 5.75 Å². The lowest BCUT2D eigenvalue weighted by Crippen LogP contribution is -2.45. The molecule has 104 valence electrons. The molecule has 1 aromatic carbocycles. The van der Waals surface area contributed by atoms with E-state index in [9.17, 15) is 4.79 Å². The number of hydrogen-bond donors (Lipinski definition) is 0. The Balaban J connectivity index is 1.92. The van der Waals surface area contributed by atoms with Crippen LogP contribution in [0.4, 0.5) is 0 Å². The van der Waals surface area contributed by atoms with Crippen LogP contribution in [-0.4, -0.2) is 24.1 Å². The standard InChI is InChI=1S/C15H20O3S/c1-10(2)15-17-11(3)13(14(16)18-15)9-19-12-7-5-4-6-8-12/h4-8,10-11,13,15H,9H2,1-3H3/t11-,13-,15+/m1/s1. The van der Waals surface area contributed by atoms with Gasteiger partial charge in [0.25, 0.3) is 0 Å². The number of carbonyl (C=O) groups is 1. The molecular weight excluding hydrogens is 260 g/mol. The smallest absolute Gasteiger partial charge is 0.314 e. The number of hydrogen-bond acceptors (Lipinski definition) is 4. The zero-order valence-corrected chi connectivity index (χ0v) is 12.4. The van der Waals surface area contributed by atoms with Crippen LogP contribution in [0.3, 0.4) is 0 Å². The largest absolute Gasteiger partial charge is 0.435 e. The number of esters is 1. The van der Waals surface area contributed by atoms with Crippen molar-refractivity contribution in [3.63, 3.8) is 0 Å². The maximum atomic E-state index is 12.0. The van der Waals surface area contributed by atoms with Gasteiger partial charge in [-0.2, -0.15) is 0 Å². The van der Waals surface area contributed by atoms with Crippen LogP contribution >= 0.6 is 11.8 Å². The second-order valence-corrected chi connectivity index (χ2v) is 6.21. The van der Waals surface area contributed by atoms with E-state index in [1.807, 2.05) is 51.1 Å². The van der Waals surface area contributed by atoms with Crippen LogP contribution in [-0.2, 0) is 14.3 Å². The van der Waals surface area contributed by atoms with Crippen molar-refractivity contribution in [2.24, 2.45) is 11.8 Å². The lowest BCUT2D eigenvalue weighted by molar-refractivity contribution is -0.236. The Morgan fingerprint density at radius 2 is 1.95 bits per heavy atom. The fourth-order valence-electron chi connectivity index (χ4n) is 1.93. The summed E-state index contributed by atoms with van der Waals surface area (Å²) in [6.07, 6.45) is -0.495. The molecule has 1 aliphatic heterocycles. The summed E-state index contributed by atoms with van der Waals surface area (Å²) in [5.74, 6) is 0.546. The molecule has 3 atom stereocenters. The predicted octanol–water partition coefficient (Wildman–Crippen LogP) is 3.34. The van der Waals surface area contributed by atoms with Gasteiger partial charge in [0, 0.05) is 16.6 Å². The van der Waals surface area contributed by atoms with Crippen LogP contribution in [0.15, 0.2) is 35.2 Å². The van der Waals surface area contributed by atoms with Crippen LogP contribution in [0.1, 0.15) is 20.8 Å². The van der Waals surface area contributed by atoms with Crippen LogP contribution in [0.2, 0.25) is 0 Å². The van der Waals surface area contributed by atoms with Crippen molar-refractivity contribution < 1.29 is 14.3 Å². The van der Waals surface area contributed by atoms with Gasteiger partial charge in [-0.05, 0) is 19.1 Å². The highest BCUT2D eigenvalue weighted by atomic mass is 32.2. The van der Waals surface area contributed by atoms with E-state index in [4.69, 9.17) is 9.47 Å². The number of ether oxygens (including phenoxy) is 2. The predicted molar refractivity (Wildman–Crippen MR) is 75.9 cm³/mol. The van der Waals surface area contributed by atoms with Crippen LogP contribution in [0, 0.1) is 11.8 Å². The van der Waals surface area contributed by atoms with Crippen LogP contribution in [0.25, 0.3) is 0 Å². The zero-order chi connectivity index (χ0) is 13.8. The zero-order valence-electron chi connectivity index (χ0n) is 11.5. The van der Waals surface area contributed by atoms with Gasteiger partial charge in [-0.25, -0.2) is 0 Å². The summed E-state index contributed by atoms with van der Waals surface area (Å²) in [5.41, 5.74) is 0. The van der Waals surface area contributed by atoms with Gasteiger partial charge >= 0.3 is 5.97 Å². The van der Waals surface area contributed by atoms with Gasteiger partial charge in [0.15, 0.2) is 0 Å². The highest BCUT2D eigenvalue weighted by Crippen LogP contribution is 2.29. The van der Waals surface area contributed by atoms with Gasteiger partial charge in [0.2, 0.25) is 6.29 Å². The Morgan fingerprint density at radius 3 is 2.53 bits per heavy atom. The quantitative estimate of drug-likeness (QED) is 0.626. The summed E-state index contributed by atoms with van der Waals surface area (Å²) in [5, 5.41) is 0. The van der Waals surface area contributed by atoms with Crippen molar-refractivity contribution >= 4 is 17.7 Å². The average Bonchev–Trinajstić information content (AvgIpc) is 2.38. The Hall–Kier alpha value is -1.00. The van der Waals surface area contributed by atoms with Crippen molar-refractivity contribution in [2.45, 2.75) is 38.1 Å². The topological polar surface area (TPSA) is 35.5 Å². The minimum Gasteiger partial charge on any atom is -0.435 e. The van der Waals surface area contributed by atoms with Crippen molar-refractivity contribution in [3.8, 4) is 0 Å². The fraction of sp³-hybridized carbons (Fsp3) is 0.533. The number of carbonyl (C=O) groups excluding carboxylic acids is 1. The molecular formula is C15H20O3S. The first kappa shape index (κ1) is 14.4. The molecule has 0 unspecified atom stereocenters. The van der Waals surface area contributed by atoms with Crippen molar-refractivity contribution in [1.29, 1.82) is 0 Å². The van der Waals surface area contributed by atoms with E-state index in [2.05, 4.69) is 0 Å². The molecule has 1 aliphatic rings. The third kappa shape index (κ3) is 3.74. The van der Waals surface area contributed by atoms with Crippen LogP contribution in [0.5, 0.6) is 0 Å². The summed E-state index contributed by atoms with van der Waals surface area (Å²) in [6, 6.07) is 10.1. The maximum Gasteiger partial charge on any atom is 0.314 e. The fourth-order valence-corrected chi connectivity index (χ4v) is 3.06. The van der Waals surface area contributed by atoms with Gasteiger partial charge in [-0.3, -0.25) is 4.79 Å². The monoisotopic (exact) mass is 280 g/mol. The lowest BCUT2D eigenvalue weighted by atomic mass is 10.0. The molecule has 0 aliphatic carbocycles. The van der Waals surface area contributed by atoms with Crippen molar-refractivity contribution in [3.05, 3.63) is 30.3 Å². The number of cyclic esters (lactones) is 1. The molecule has 1 heterocycles. The van der Waals surface area contributed by atoms with E-state index < -0.39 is 6.29 Å². The molecule has 3 nitrogen and oxygen atoms in total. The van der Waals surface area contributed by atoms with E-state index >= 15 is 0 Å². The lowest BCUT2D eigenvalue weighted by Gasteiger charge is -2.35. The third-order valence-corrected chi connectivity index (χ3v) is 4.30. The Kier molecular flexibility index (Phi) is 4.88. The molecule has 0 amide bonds. The molecule has 19 heavy (non-hydrogen) atoms. The SMILES string of the molecule is CC(C)[C@@H]1OC(=O)[C@H](CSc2ccccc2)[C@@H](C)O1. The molecule has 2 rings (SSSR count). The molecule has 0 spiro atoms. The highest BCUT2D eigenvalue weighted by molar-refractivity contribution is 7.99. The first-order valence-electron chi connectivity index (χ1n) is 6.61. The Morgan fingerprint density at radius 1 is 1.26 bits per heavy atom. The van der Waals surface area contributed by atoms with E-state index in [1.54, 1.807) is 11.8 Å². The van der Waals surface area contributed by atoms with E-state index in [-0.39, 0.29) is 23.9 Å². The average molecular weight is 280 g/mol. The Bertz CT molecular complexity index is 419. The minimum absolute atomic E-state index is 0.0927. The molecule has 0 bridgehead atoms. The van der Waals surface area contributed by atoms with E-state index in [0.717, 1.165) is 4.90 Å². The summed E-state index contributed by atoms with van der Waals surface area (Å²) in [6.45, 7) is 5.93. The molecule has 1 saturated heterocycles. The maximum absolute atomic E-state index is 12.0. The summed E-state index contributed by atoms with van der Waals surface area (Å²) in [7, 11) is 0. The van der Waals surface area contributed by atoms with Crippen LogP contribution < -0.4 is 0 Å². The highest BCUT2D eigenvalue weighted by Gasteiger charge is 2.37. The Labute approximate surface area is 118 Å². The van der Waals surface area contributed by atoms with E-state index in [1.165, 1.54) is 0 Å². The van der Waals surface area contributed by atoms with Gasteiger partial charge < -0.3 is 9.47 Å². The third-order valence-electron chi connectivity index (χ3n) is 3.17.